The molecule has 0 saturated heterocycles. The second-order valence-electron chi connectivity index (χ2n) is 4.19. The van der Waals surface area contributed by atoms with E-state index in [1.54, 1.807) is 0 Å². The van der Waals surface area contributed by atoms with Crippen LogP contribution < -0.4 is 0 Å². The zero-order valence-electron chi connectivity index (χ0n) is 9.40. The highest BCUT2D eigenvalue weighted by atomic mass is 14.2. The lowest BCUT2D eigenvalue weighted by atomic mass is 9.88. The van der Waals surface area contributed by atoms with Crippen molar-refractivity contribution in [2.45, 2.75) is 66.2 Å². The van der Waals surface area contributed by atoms with Gasteiger partial charge in [0.05, 0.1) is 0 Å². The molecule has 0 rings (SSSR count). The van der Waals surface area contributed by atoms with Crippen LogP contribution in [0.3, 0.4) is 0 Å². The Labute approximate surface area is 78.8 Å². The van der Waals surface area contributed by atoms with Gasteiger partial charge in [-0.05, 0) is 18.3 Å². The first kappa shape index (κ1) is 12.0. The summed E-state index contributed by atoms with van der Waals surface area (Å²) in [5, 5.41) is 0. The zero-order valence-corrected chi connectivity index (χ0v) is 9.40. The molecule has 0 amide bonds. The summed E-state index contributed by atoms with van der Waals surface area (Å²) in [4.78, 5) is 0. The number of rotatable bonds is 7. The van der Waals surface area contributed by atoms with Gasteiger partial charge in [0.25, 0.3) is 0 Å². The molecule has 0 heterocycles. The fraction of sp³-hybridized carbons (Fsp3) is 1.00. The molecule has 0 bridgehead atoms. The van der Waals surface area contributed by atoms with E-state index in [-0.39, 0.29) is 0 Å². The van der Waals surface area contributed by atoms with Gasteiger partial charge in [-0.25, -0.2) is 0 Å². The van der Waals surface area contributed by atoms with Crippen LogP contribution in [-0.2, 0) is 0 Å². The average molecular weight is 170 g/mol. The molecular formula is C12H26. The van der Waals surface area contributed by atoms with Gasteiger partial charge < -0.3 is 0 Å². The van der Waals surface area contributed by atoms with Gasteiger partial charge in [-0.15, -0.1) is 0 Å². The van der Waals surface area contributed by atoms with Crippen LogP contribution in [0.5, 0.6) is 0 Å². The third-order valence-electron chi connectivity index (χ3n) is 2.83. The molecule has 0 aromatic rings. The lowest BCUT2D eigenvalue weighted by Crippen LogP contribution is -2.05. The third kappa shape index (κ3) is 5.62. The lowest BCUT2D eigenvalue weighted by molar-refractivity contribution is 0.339. The van der Waals surface area contributed by atoms with Crippen molar-refractivity contribution in [1.29, 1.82) is 0 Å². The quantitative estimate of drug-likeness (QED) is 0.522. The fourth-order valence-corrected chi connectivity index (χ4v) is 1.93. The minimum Gasteiger partial charge on any atom is -0.0654 e. The summed E-state index contributed by atoms with van der Waals surface area (Å²) in [6, 6.07) is 0. The molecular weight excluding hydrogens is 144 g/mol. The van der Waals surface area contributed by atoms with E-state index >= 15 is 0 Å². The van der Waals surface area contributed by atoms with E-state index in [0.29, 0.717) is 0 Å². The Morgan fingerprint density at radius 1 is 0.917 bits per heavy atom. The van der Waals surface area contributed by atoms with Crippen LogP contribution in [-0.4, -0.2) is 0 Å². The summed E-state index contributed by atoms with van der Waals surface area (Å²) < 4.78 is 0. The Balaban J connectivity index is 3.61. The molecule has 0 N–H and O–H groups in total. The van der Waals surface area contributed by atoms with Crippen molar-refractivity contribution in [1.82, 2.24) is 0 Å². The summed E-state index contributed by atoms with van der Waals surface area (Å²) in [5.74, 6) is 1.95. The van der Waals surface area contributed by atoms with E-state index < -0.39 is 0 Å². The Bertz CT molecular complexity index is 80.0. The Morgan fingerprint density at radius 3 is 1.75 bits per heavy atom. The van der Waals surface area contributed by atoms with Crippen LogP contribution >= 0.6 is 0 Å². The highest BCUT2D eigenvalue weighted by molar-refractivity contribution is 4.62. The zero-order chi connectivity index (χ0) is 9.40. The van der Waals surface area contributed by atoms with Crippen molar-refractivity contribution in [3.05, 3.63) is 0 Å². The van der Waals surface area contributed by atoms with Gasteiger partial charge in [-0.1, -0.05) is 59.8 Å². The molecule has 0 aliphatic heterocycles. The van der Waals surface area contributed by atoms with Crippen LogP contribution in [0.1, 0.15) is 66.2 Å². The maximum atomic E-state index is 2.39. The van der Waals surface area contributed by atoms with E-state index in [1.165, 1.54) is 38.5 Å². The Morgan fingerprint density at radius 2 is 1.42 bits per heavy atom. The molecule has 1 unspecified atom stereocenters. The van der Waals surface area contributed by atoms with Gasteiger partial charge in [0.15, 0.2) is 0 Å². The number of hydrogen-bond donors (Lipinski definition) is 0. The van der Waals surface area contributed by atoms with E-state index in [1.807, 2.05) is 0 Å². The van der Waals surface area contributed by atoms with E-state index in [2.05, 4.69) is 27.7 Å². The van der Waals surface area contributed by atoms with E-state index in [0.717, 1.165) is 11.8 Å². The highest BCUT2D eigenvalue weighted by Gasteiger charge is 2.09. The van der Waals surface area contributed by atoms with Crippen molar-refractivity contribution in [2.75, 3.05) is 0 Å². The third-order valence-corrected chi connectivity index (χ3v) is 2.83. The van der Waals surface area contributed by atoms with Crippen molar-refractivity contribution in [3.8, 4) is 0 Å². The SMILES string of the molecule is CCCC(CCC)CC(C)CC. The normalized spacial score (nSPS) is 13.8. The standard InChI is InChI=1S/C12H26/c1-5-8-12(9-6-2)10-11(4)7-3/h11-12H,5-10H2,1-4H3. The lowest BCUT2D eigenvalue weighted by Gasteiger charge is -2.18. The molecule has 0 nitrogen and oxygen atoms in total. The van der Waals surface area contributed by atoms with Gasteiger partial charge in [-0.3, -0.25) is 0 Å². The van der Waals surface area contributed by atoms with Gasteiger partial charge in [-0.2, -0.15) is 0 Å². The summed E-state index contributed by atoms with van der Waals surface area (Å²) in [6.07, 6.45) is 8.42. The summed E-state index contributed by atoms with van der Waals surface area (Å²) in [5.41, 5.74) is 0. The van der Waals surface area contributed by atoms with Crippen molar-refractivity contribution in [2.24, 2.45) is 11.8 Å². The molecule has 0 spiro atoms. The summed E-state index contributed by atoms with van der Waals surface area (Å²) >= 11 is 0. The molecule has 0 aromatic heterocycles. The van der Waals surface area contributed by atoms with Crippen molar-refractivity contribution < 1.29 is 0 Å². The molecule has 0 aliphatic carbocycles. The summed E-state index contributed by atoms with van der Waals surface area (Å²) in [7, 11) is 0. The van der Waals surface area contributed by atoms with Crippen LogP contribution in [0.15, 0.2) is 0 Å². The molecule has 74 valence electrons. The maximum Gasteiger partial charge on any atom is -0.0412 e. The maximum absolute atomic E-state index is 2.39. The van der Waals surface area contributed by atoms with Crippen molar-refractivity contribution in [3.63, 3.8) is 0 Å². The van der Waals surface area contributed by atoms with Crippen LogP contribution in [0, 0.1) is 11.8 Å². The molecule has 0 fully saturated rings. The molecule has 0 radical (unpaired) electrons. The molecule has 0 saturated carbocycles. The Hall–Kier alpha value is 0. The molecule has 12 heavy (non-hydrogen) atoms. The van der Waals surface area contributed by atoms with E-state index in [9.17, 15) is 0 Å². The van der Waals surface area contributed by atoms with Gasteiger partial charge in [0.1, 0.15) is 0 Å². The predicted octanol–water partition coefficient (Wildman–Crippen LogP) is 4.64. The van der Waals surface area contributed by atoms with Crippen LogP contribution in [0.2, 0.25) is 0 Å². The highest BCUT2D eigenvalue weighted by Crippen LogP contribution is 2.23. The predicted molar refractivity (Wildman–Crippen MR) is 57.4 cm³/mol. The fourth-order valence-electron chi connectivity index (χ4n) is 1.93. The van der Waals surface area contributed by atoms with Crippen LogP contribution in [0.4, 0.5) is 0 Å². The second kappa shape index (κ2) is 7.64. The first-order valence-electron chi connectivity index (χ1n) is 5.74. The van der Waals surface area contributed by atoms with Gasteiger partial charge in [0, 0.05) is 0 Å². The van der Waals surface area contributed by atoms with Crippen molar-refractivity contribution >= 4 is 0 Å². The van der Waals surface area contributed by atoms with Crippen LogP contribution in [0.25, 0.3) is 0 Å². The smallest absolute Gasteiger partial charge is 0.0412 e. The minimum atomic E-state index is 0.938. The topological polar surface area (TPSA) is 0 Å². The first-order chi connectivity index (χ1) is 5.74. The van der Waals surface area contributed by atoms with Gasteiger partial charge >= 0.3 is 0 Å². The van der Waals surface area contributed by atoms with E-state index in [4.69, 9.17) is 0 Å². The number of hydrogen-bond acceptors (Lipinski definition) is 0. The molecule has 1 atom stereocenters. The van der Waals surface area contributed by atoms with Gasteiger partial charge in [0.2, 0.25) is 0 Å². The minimum absolute atomic E-state index is 0.938. The average Bonchev–Trinajstić information content (AvgIpc) is 2.05. The summed E-state index contributed by atoms with van der Waals surface area (Å²) in [6.45, 7) is 9.30. The largest absolute Gasteiger partial charge is 0.0654 e. The molecule has 0 aliphatic rings. The molecule has 0 heteroatoms. The molecule has 0 aromatic carbocycles. The monoisotopic (exact) mass is 170 g/mol. The Kier molecular flexibility index (Phi) is 7.64. The second-order valence-corrected chi connectivity index (χ2v) is 4.19. The first-order valence-corrected chi connectivity index (χ1v) is 5.74.